The Morgan fingerprint density at radius 2 is 2.15 bits per heavy atom. The third-order valence-electron chi connectivity index (χ3n) is 3.20. The van der Waals surface area contributed by atoms with E-state index in [1.54, 1.807) is 6.07 Å². The minimum atomic E-state index is -0.872. The number of carboxylic acid groups (broad SMARTS) is 1. The monoisotopic (exact) mass is 309 g/mol. The molecule has 1 unspecified atom stereocenters. The summed E-state index contributed by atoms with van der Waals surface area (Å²) in [6.07, 6.45) is 0. The summed E-state index contributed by atoms with van der Waals surface area (Å²) in [5.41, 5.74) is 2.06. The van der Waals surface area contributed by atoms with Gasteiger partial charge in [0.25, 0.3) is 0 Å². The van der Waals surface area contributed by atoms with Gasteiger partial charge in [-0.05, 0) is 37.1 Å². The van der Waals surface area contributed by atoms with Crippen molar-refractivity contribution in [3.63, 3.8) is 0 Å². The molecule has 0 aliphatic heterocycles. The molecule has 1 aromatic carbocycles. The van der Waals surface area contributed by atoms with Crippen LogP contribution < -0.4 is 5.32 Å². The molecule has 0 radical (unpaired) electrons. The molecule has 1 heterocycles. The quantitative estimate of drug-likeness (QED) is 0.867. The normalized spacial score (nSPS) is 12.3. The minimum Gasteiger partial charge on any atom is -0.477 e. The van der Waals surface area contributed by atoms with Crippen LogP contribution in [0.4, 0.5) is 0 Å². The van der Waals surface area contributed by atoms with E-state index < -0.39 is 5.97 Å². The molecule has 0 spiro atoms. The van der Waals surface area contributed by atoms with Gasteiger partial charge in [0.15, 0.2) is 0 Å². The zero-order valence-corrected chi connectivity index (χ0v) is 12.9. The maximum Gasteiger partial charge on any atom is 0.345 e. The van der Waals surface area contributed by atoms with Gasteiger partial charge in [0.2, 0.25) is 0 Å². The van der Waals surface area contributed by atoms with E-state index in [0.29, 0.717) is 11.4 Å². The van der Waals surface area contributed by atoms with Gasteiger partial charge in [0.05, 0.1) is 0 Å². The van der Waals surface area contributed by atoms with Gasteiger partial charge in [0, 0.05) is 22.5 Å². The van der Waals surface area contributed by atoms with Gasteiger partial charge in [-0.2, -0.15) is 0 Å². The highest BCUT2D eigenvalue weighted by molar-refractivity contribution is 7.14. The van der Waals surface area contributed by atoms with Crippen molar-refractivity contribution in [3.05, 3.63) is 56.2 Å². The van der Waals surface area contributed by atoms with E-state index in [-0.39, 0.29) is 6.04 Å². The summed E-state index contributed by atoms with van der Waals surface area (Å²) in [7, 11) is 0. The second kappa shape index (κ2) is 6.39. The van der Waals surface area contributed by atoms with Crippen LogP contribution in [0.3, 0.4) is 0 Å². The standard InChI is InChI=1S/C15H16ClNO2S/c1-9(12-5-3-4-6-13(12)16)17-8-11-7-14(15(18)19)20-10(11)2/h3-7,9,17H,8H2,1-2H3,(H,18,19). The second-order valence-corrected chi connectivity index (χ2v) is 6.28. The van der Waals surface area contributed by atoms with Crippen molar-refractivity contribution in [2.45, 2.75) is 26.4 Å². The highest BCUT2D eigenvalue weighted by Gasteiger charge is 2.13. The van der Waals surface area contributed by atoms with Gasteiger partial charge in [-0.15, -0.1) is 11.3 Å². The molecule has 20 heavy (non-hydrogen) atoms. The SMILES string of the molecule is Cc1sc(C(=O)O)cc1CNC(C)c1ccccc1Cl. The summed E-state index contributed by atoms with van der Waals surface area (Å²) in [4.78, 5) is 12.4. The van der Waals surface area contributed by atoms with E-state index in [0.717, 1.165) is 21.0 Å². The number of nitrogens with one attached hydrogen (secondary N) is 1. The molecule has 0 saturated heterocycles. The molecule has 2 aromatic rings. The molecule has 2 rings (SSSR count). The van der Waals surface area contributed by atoms with Crippen LogP contribution >= 0.6 is 22.9 Å². The summed E-state index contributed by atoms with van der Waals surface area (Å²) < 4.78 is 0. The summed E-state index contributed by atoms with van der Waals surface area (Å²) in [6, 6.07) is 9.56. The molecule has 0 bridgehead atoms. The lowest BCUT2D eigenvalue weighted by Gasteiger charge is -2.15. The molecule has 106 valence electrons. The fourth-order valence-corrected chi connectivity index (χ4v) is 3.18. The molecule has 0 saturated carbocycles. The zero-order valence-electron chi connectivity index (χ0n) is 11.3. The molecular formula is C15H16ClNO2S. The van der Waals surface area contributed by atoms with E-state index in [4.69, 9.17) is 16.7 Å². The Labute approximate surface area is 127 Å². The largest absolute Gasteiger partial charge is 0.477 e. The topological polar surface area (TPSA) is 49.3 Å². The van der Waals surface area contributed by atoms with Crippen LogP contribution in [-0.4, -0.2) is 11.1 Å². The van der Waals surface area contributed by atoms with Crippen LogP contribution in [0.5, 0.6) is 0 Å². The number of halogens is 1. The van der Waals surface area contributed by atoms with Crippen molar-refractivity contribution in [2.24, 2.45) is 0 Å². The molecule has 3 nitrogen and oxygen atoms in total. The molecule has 0 amide bonds. The third kappa shape index (κ3) is 3.39. The van der Waals surface area contributed by atoms with Crippen molar-refractivity contribution in [2.75, 3.05) is 0 Å². The second-order valence-electron chi connectivity index (χ2n) is 4.62. The Hall–Kier alpha value is -1.36. The lowest BCUT2D eigenvalue weighted by atomic mass is 10.1. The first-order valence-corrected chi connectivity index (χ1v) is 7.49. The number of thiophene rings is 1. The number of hydrogen-bond acceptors (Lipinski definition) is 3. The first-order valence-electron chi connectivity index (χ1n) is 6.29. The number of carboxylic acids is 1. The van der Waals surface area contributed by atoms with Crippen molar-refractivity contribution in [1.29, 1.82) is 0 Å². The molecule has 0 fully saturated rings. The third-order valence-corrected chi connectivity index (χ3v) is 4.63. The van der Waals surface area contributed by atoms with Crippen LogP contribution in [-0.2, 0) is 6.54 Å². The van der Waals surface area contributed by atoms with Crippen LogP contribution in [0.2, 0.25) is 5.02 Å². The number of rotatable bonds is 5. The van der Waals surface area contributed by atoms with Crippen molar-refractivity contribution in [1.82, 2.24) is 5.32 Å². The Morgan fingerprint density at radius 3 is 2.75 bits per heavy atom. The molecular weight excluding hydrogens is 294 g/mol. The van der Waals surface area contributed by atoms with Gasteiger partial charge in [-0.3, -0.25) is 0 Å². The molecule has 2 N–H and O–H groups in total. The van der Waals surface area contributed by atoms with Gasteiger partial charge in [0.1, 0.15) is 4.88 Å². The van der Waals surface area contributed by atoms with E-state index in [1.807, 2.05) is 38.1 Å². The predicted molar refractivity (Wildman–Crippen MR) is 82.7 cm³/mol. The molecule has 1 atom stereocenters. The van der Waals surface area contributed by atoms with Crippen LogP contribution in [0.15, 0.2) is 30.3 Å². The first-order chi connectivity index (χ1) is 9.49. The molecule has 0 aliphatic carbocycles. The summed E-state index contributed by atoms with van der Waals surface area (Å²) in [5.74, 6) is -0.872. The van der Waals surface area contributed by atoms with E-state index >= 15 is 0 Å². The Balaban J connectivity index is 2.05. The number of hydrogen-bond donors (Lipinski definition) is 2. The Kier molecular flexibility index (Phi) is 4.81. The van der Waals surface area contributed by atoms with Crippen molar-refractivity contribution in [3.8, 4) is 0 Å². The predicted octanol–water partition coefficient (Wildman–Crippen LogP) is 4.26. The lowest BCUT2D eigenvalue weighted by Crippen LogP contribution is -2.18. The van der Waals surface area contributed by atoms with Gasteiger partial charge in [-0.25, -0.2) is 4.79 Å². The summed E-state index contributed by atoms with van der Waals surface area (Å²) in [5, 5.41) is 13.1. The van der Waals surface area contributed by atoms with Crippen molar-refractivity contribution < 1.29 is 9.90 Å². The fourth-order valence-electron chi connectivity index (χ4n) is 2.00. The summed E-state index contributed by atoms with van der Waals surface area (Å²) >= 11 is 7.47. The zero-order chi connectivity index (χ0) is 14.7. The summed E-state index contributed by atoms with van der Waals surface area (Å²) in [6.45, 7) is 4.61. The molecule has 0 aliphatic rings. The number of carbonyl (C=O) groups is 1. The average Bonchev–Trinajstić information content (AvgIpc) is 2.78. The van der Waals surface area contributed by atoms with E-state index in [1.165, 1.54) is 11.3 Å². The van der Waals surface area contributed by atoms with Gasteiger partial charge in [-0.1, -0.05) is 29.8 Å². The maximum atomic E-state index is 10.9. The first kappa shape index (κ1) is 15.0. The van der Waals surface area contributed by atoms with Crippen LogP contribution in [0.25, 0.3) is 0 Å². The highest BCUT2D eigenvalue weighted by Crippen LogP contribution is 2.25. The van der Waals surface area contributed by atoms with E-state index in [9.17, 15) is 4.79 Å². The number of aryl methyl sites for hydroxylation is 1. The van der Waals surface area contributed by atoms with E-state index in [2.05, 4.69) is 5.32 Å². The lowest BCUT2D eigenvalue weighted by molar-refractivity contribution is 0.0702. The van der Waals surface area contributed by atoms with Crippen LogP contribution in [0.1, 0.15) is 38.6 Å². The van der Waals surface area contributed by atoms with Crippen molar-refractivity contribution >= 4 is 28.9 Å². The molecule has 5 heteroatoms. The fraction of sp³-hybridized carbons (Fsp3) is 0.267. The van der Waals surface area contributed by atoms with Gasteiger partial charge >= 0.3 is 5.97 Å². The number of aromatic carboxylic acids is 1. The Bertz CT molecular complexity index is 624. The smallest absolute Gasteiger partial charge is 0.345 e. The number of benzene rings is 1. The van der Waals surface area contributed by atoms with Gasteiger partial charge < -0.3 is 10.4 Å². The molecule has 1 aromatic heterocycles. The van der Waals surface area contributed by atoms with Crippen LogP contribution in [0, 0.1) is 6.92 Å². The Morgan fingerprint density at radius 1 is 1.45 bits per heavy atom. The average molecular weight is 310 g/mol. The highest BCUT2D eigenvalue weighted by atomic mass is 35.5. The minimum absolute atomic E-state index is 0.108. The maximum absolute atomic E-state index is 10.9.